The molecule has 0 atom stereocenters. The zero-order valence-electron chi connectivity index (χ0n) is 18.0. The lowest BCUT2D eigenvalue weighted by molar-refractivity contribution is 0.0696. The number of carboxylic acids is 1. The molecule has 0 aliphatic heterocycles. The fourth-order valence-corrected chi connectivity index (χ4v) is 5.25. The van der Waals surface area contributed by atoms with Gasteiger partial charge in [0.05, 0.1) is 17.8 Å². The lowest BCUT2D eigenvalue weighted by Gasteiger charge is -2.26. The second-order valence-corrected chi connectivity index (χ2v) is 9.64. The number of benzene rings is 2. The Hall–Kier alpha value is -3.53. The van der Waals surface area contributed by atoms with Crippen LogP contribution < -0.4 is 9.04 Å². The average molecular weight is 489 g/mol. The van der Waals surface area contributed by atoms with Gasteiger partial charge in [-0.1, -0.05) is 18.2 Å². The van der Waals surface area contributed by atoms with E-state index in [-0.39, 0.29) is 28.6 Å². The third kappa shape index (κ3) is 5.01. The molecule has 0 unspecified atom stereocenters. The molecule has 10 heteroatoms. The van der Waals surface area contributed by atoms with Crippen LogP contribution in [-0.2, 0) is 29.5 Å². The molecule has 34 heavy (non-hydrogen) atoms. The number of ether oxygens (including phenoxy) is 1. The van der Waals surface area contributed by atoms with Crippen LogP contribution in [0.4, 0.5) is 14.5 Å². The van der Waals surface area contributed by atoms with Crippen molar-refractivity contribution in [2.75, 3.05) is 10.8 Å². The van der Waals surface area contributed by atoms with Gasteiger partial charge in [-0.3, -0.25) is 4.31 Å². The van der Waals surface area contributed by atoms with Gasteiger partial charge >= 0.3 is 5.97 Å². The zero-order chi connectivity index (χ0) is 24.3. The molecule has 7 nitrogen and oxygen atoms in total. The second kappa shape index (κ2) is 9.76. The number of sulfonamides is 1. The number of hydrogen-bond acceptors (Lipinski definition) is 5. The summed E-state index contributed by atoms with van der Waals surface area (Å²) in [4.78, 5) is 14.9. The largest absolute Gasteiger partial charge is 0.487 e. The van der Waals surface area contributed by atoms with Gasteiger partial charge in [-0.2, -0.15) is 8.42 Å². The fourth-order valence-electron chi connectivity index (χ4n) is 3.87. The first-order valence-electron chi connectivity index (χ1n) is 10.6. The van der Waals surface area contributed by atoms with E-state index in [1.807, 2.05) is 0 Å². The molecule has 0 fully saturated rings. The van der Waals surface area contributed by atoms with Gasteiger partial charge in [0.1, 0.15) is 12.4 Å². The molecule has 0 bridgehead atoms. The highest BCUT2D eigenvalue weighted by Crippen LogP contribution is 2.38. The summed E-state index contributed by atoms with van der Waals surface area (Å²) in [5.74, 6) is -0.904. The van der Waals surface area contributed by atoms with E-state index < -0.39 is 29.0 Å². The van der Waals surface area contributed by atoms with Crippen LogP contribution in [0.1, 0.15) is 33.5 Å². The first-order chi connectivity index (χ1) is 16.3. The smallest absolute Gasteiger partial charge is 0.335 e. The Morgan fingerprint density at radius 1 is 1.09 bits per heavy atom. The maximum absolute atomic E-state index is 13.6. The van der Waals surface area contributed by atoms with Crippen molar-refractivity contribution in [3.63, 3.8) is 0 Å². The molecule has 0 radical (unpaired) electrons. The number of alkyl halides is 2. The van der Waals surface area contributed by atoms with Crippen molar-refractivity contribution in [3.8, 4) is 5.75 Å². The molecule has 0 amide bonds. The van der Waals surface area contributed by atoms with E-state index in [9.17, 15) is 22.0 Å². The molecule has 1 N–H and O–H groups in total. The van der Waals surface area contributed by atoms with Gasteiger partial charge in [0.15, 0.2) is 5.03 Å². The maximum atomic E-state index is 13.6. The molecular formula is C24H22F2N2O5S. The van der Waals surface area contributed by atoms with E-state index in [0.29, 0.717) is 16.3 Å². The lowest BCUT2D eigenvalue weighted by atomic mass is 10.1. The molecule has 1 aromatic heterocycles. The molecule has 0 saturated heterocycles. The monoisotopic (exact) mass is 488 g/mol. The van der Waals surface area contributed by atoms with Gasteiger partial charge in [0, 0.05) is 6.20 Å². The number of nitrogens with zero attached hydrogens (tertiary/aromatic N) is 2. The molecule has 1 aliphatic carbocycles. The zero-order valence-corrected chi connectivity index (χ0v) is 18.8. The van der Waals surface area contributed by atoms with E-state index in [1.54, 1.807) is 24.3 Å². The van der Waals surface area contributed by atoms with Crippen LogP contribution in [0.5, 0.6) is 5.75 Å². The first-order valence-corrected chi connectivity index (χ1v) is 12.0. The van der Waals surface area contributed by atoms with E-state index in [2.05, 4.69) is 4.98 Å². The van der Waals surface area contributed by atoms with Crippen LogP contribution in [0.15, 0.2) is 65.8 Å². The Balaban J connectivity index is 1.73. The summed E-state index contributed by atoms with van der Waals surface area (Å²) < 4.78 is 60.3. The molecular weight excluding hydrogens is 466 g/mol. The molecule has 0 saturated carbocycles. The quantitative estimate of drug-likeness (QED) is 0.482. The minimum Gasteiger partial charge on any atom is -0.487 e. The normalized spacial score (nSPS) is 13.0. The number of aromatic carboxylic acids is 1. The number of carboxylic acid groups (broad SMARTS) is 1. The number of hydrogen-bond donors (Lipinski definition) is 1. The molecule has 4 rings (SSSR count). The standard InChI is InChI=1S/C24H22F2N2O5S/c25-22(26)14-28(34(31,32)23-6-1-2-11-27-23)20-12-18-4-3-5-19(18)13-21(20)33-15-16-7-9-17(10-8-16)24(29)30/h1-2,6-13,22H,3-5,14-15H2,(H,29,30). The average Bonchev–Trinajstić information content (AvgIpc) is 3.28. The summed E-state index contributed by atoms with van der Waals surface area (Å²) in [6, 6.07) is 13.6. The van der Waals surface area contributed by atoms with Crippen molar-refractivity contribution in [1.82, 2.24) is 4.98 Å². The predicted molar refractivity (Wildman–Crippen MR) is 121 cm³/mol. The predicted octanol–water partition coefficient (Wildman–Crippen LogP) is 4.31. The Morgan fingerprint density at radius 2 is 1.79 bits per heavy atom. The Bertz CT molecular complexity index is 1280. The molecule has 3 aromatic rings. The van der Waals surface area contributed by atoms with Crippen molar-refractivity contribution in [2.24, 2.45) is 0 Å². The molecule has 2 aromatic carbocycles. The van der Waals surface area contributed by atoms with Gasteiger partial charge in [-0.05, 0) is 72.4 Å². The summed E-state index contributed by atoms with van der Waals surface area (Å²) in [5.41, 5.74) is 2.65. The second-order valence-electron chi connectivity index (χ2n) is 7.83. The lowest BCUT2D eigenvalue weighted by Crippen LogP contribution is -2.36. The highest BCUT2D eigenvalue weighted by atomic mass is 32.2. The van der Waals surface area contributed by atoms with E-state index in [0.717, 1.165) is 24.0 Å². The number of fused-ring (bicyclic) bond motifs is 1. The Kier molecular flexibility index (Phi) is 6.78. The van der Waals surface area contributed by atoms with Gasteiger partial charge in [-0.15, -0.1) is 0 Å². The number of aromatic nitrogens is 1. The Labute approximate surface area is 195 Å². The summed E-state index contributed by atoms with van der Waals surface area (Å²) in [6.45, 7) is -1.06. The first kappa shape index (κ1) is 23.6. The van der Waals surface area contributed by atoms with E-state index in [4.69, 9.17) is 9.84 Å². The number of anilines is 1. The molecule has 1 aliphatic rings. The number of carbonyl (C=O) groups is 1. The van der Waals surface area contributed by atoms with Gasteiger partial charge in [-0.25, -0.2) is 18.6 Å². The fraction of sp³-hybridized carbons (Fsp3) is 0.250. The highest BCUT2D eigenvalue weighted by Gasteiger charge is 2.32. The summed E-state index contributed by atoms with van der Waals surface area (Å²) in [5, 5.41) is 8.71. The van der Waals surface area contributed by atoms with Crippen molar-refractivity contribution in [1.29, 1.82) is 0 Å². The van der Waals surface area contributed by atoms with Crippen LogP contribution in [0.25, 0.3) is 0 Å². The van der Waals surface area contributed by atoms with E-state index >= 15 is 0 Å². The van der Waals surface area contributed by atoms with Crippen molar-refractivity contribution in [2.45, 2.75) is 37.3 Å². The summed E-state index contributed by atoms with van der Waals surface area (Å²) in [7, 11) is -4.39. The molecule has 178 valence electrons. The van der Waals surface area contributed by atoms with Gasteiger partial charge in [0.2, 0.25) is 0 Å². The highest BCUT2D eigenvalue weighted by molar-refractivity contribution is 7.92. The third-order valence-electron chi connectivity index (χ3n) is 5.53. The minimum absolute atomic E-state index is 0.00214. The SMILES string of the molecule is O=C(O)c1ccc(COc2cc3c(cc2N(CC(F)F)S(=O)(=O)c2ccccn2)CCC3)cc1. The third-order valence-corrected chi connectivity index (χ3v) is 7.23. The summed E-state index contributed by atoms with van der Waals surface area (Å²) in [6.07, 6.45) is 0.723. The van der Waals surface area contributed by atoms with Crippen LogP contribution >= 0.6 is 0 Å². The van der Waals surface area contributed by atoms with Crippen molar-refractivity contribution >= 4 is 21.7 Å². The number of halogens is 2. The van der Waals surface area contributed by atoms with Crippen LogP contribution in [-0.4, -0.2) is 37.4 Å². The van der Waals surface area contributed by atoms with Crippen LogP contribution in [0, 0.1) is 0 Å². The minimum atomic E-state index is -4.39. The van der Waals surface area contributed by atoms with Crippen LogP contribution in [0.3, 0.4) is 0 Å². The maximum Gasteiger partial charge on any atom is 0.335 e. The summed E-state index contributed by atoms with van der Waals surface area (Å²) >= 11 is 0. The Morgan fingerprint density at radius 3 is 2.41 bits per heavy atom. The van der Waals surface area contributed by atoms with Crippen molar-refractivity contribution in [3.05, 3.63) is 83.0 Å². The van der Waals surface area contributed by atoms with Crippen molar-refractivity contribution < 1.29 is 31.8 Å². The molecule has 1 heterocycles. The number of rotatable bonds is 9. The van der Waals surface area contributed by atoms with Gasteiger partial charge in [0.25, 0.3) is 16.4 Å². The van der Waals surface area contributed by atoms with Gasteiger partial charge < -0.3 is 9.84 Å². The van der Waals surface area contributed by atoms with E-state index in [1.165, 1.54) is 36.5 Å². The van der Waals surface area contributed by atoms with Crippen LogP contribution in [0.2, 0.25) is 0 Å². The number of aryl methyl sites for hydroxylation is 2. The topological polar surface area (TPSA) is 96.8 Å². The number of pyridine rings is 1. The molecule has 0 spiro atoms.